The fraction of sp³-hybridized carbons (Fsp3) is 0.333. The molecule has 0 bridgehead atoms. The minimum atomic E-state index is 0.479. The molecule has 1 aliphatic heterocycles. The molecule has 0 spiro atoms. The van der Waals surface area contributed by atoms with Gasteiger partial charge in [-0.1, -0.05) is 11.6 Å². The first-order valence-electron chi connectivity index (χ1n) is 5.73. The number of anilines is 1. The molecule has 1 saturated heterocycles. The molecule has 0 amide bonds. The monoisotopic (exact) mass is 281 g/mol. The van der Waals surface area contributed by atoms with E-state index in [-0.39, 0.29) is 0 Å². The number of halogens is 1. The van der Waals surface area contributed by atoms with Crippen LogP contribution in [-0.2, 0) is 4.74 Å². The van der Waals surface area contributed by atoms with E-state index in [9.17, 15) is 0 Å². The van der Waals surface area contributed by atoms with E-state index >= 15 is 0 Å². The largest absolute Gasteiger partial charge is 0.378 e. The molecule has 2 aromatic rings. The van der Waals surface area contributed by atoms with Crippen LogP contribution in [0.1, 0.15) is 0 Å². The van der Waals surface area contributed by atoms with Crippen LogP contribution in [0, 0.1) is 0 Å². The summed E-state index contributed by atoms with van der Waals surface area (Å²) in [7, 11) is 0. The van der Waals surface area contributed by atoms with Crippen LogP contribution in [0.3, 0.4) is 0 Å². The molecule has 0 N–H and O–H groups in total. The van der Waals surface area contributed by atoms with Crippen molar-refractivity contribution >= 4 is 28.8 Å². The number of nitrogens with zero attached hydrogens (tertiary/aromatic N) is 3. The molecule has 0 aromatic carbocycles. The third-order valence-corrected chi connectivity index (χ3v) is 3.67. The molecule has 0 radical (unpaired) electrons. The minimum absolute atomic E-state index is 0.479. The van der Waals surface area contributed by atoms with Crippen molar-refractivity contribution in [3.8, 4) is 11.4 Å². The van der Waals surface area contributed by atoms with Gasteiger partial charge in [-0.3, -0.25) is 0 Å². The summed E-state index contributed by atoms with van der Waals surface area (Å²) in [6.07, 6.45) is 0. The summed E-state index contributed by atoms with van der Waals surface area (Å²) in [5.74, 6) is 1.56. The first-order chi connectivity index (χ1) is 8.83. The molecule has 4 nitrogen and oxygen atoms in total. The summed E-state index contributed by atoms with van der Waals surface area (Å²) in [4.78, 5) is 11.0. The Morgan fingerprint density at radius 1 is 1.28 bits per heavy atom. The van der Waals surface area contributed by atoms with Crippen LogP contribution >= 0.6 is 22.9 Å². The van der Waals surface area contributed by atoms with Crippen LogP contribution < -0.4 is 4.90 Å². The van der Waals surface area contributed by atoms with Crippen LogP contribution in [0.5, 0.6) is 0 Å². The summed E-state index contributed by atoms with van der Waals surface area (Å²) in [6, 6.07) is 3.81. The SMILES string of the molecule is Clc1cc(N2CCOCC2)nc(-c2ccsc2)n1. The van der Waals surface area contributed by atoms with E-state index < -0.39 is 0 Å². The number of hydrogen-bond donors (Lipinski definition) is 0. The molecule has 1 aliphatic rings. The third kappa shape index (κ3) is 2.48. The lowest BCUT2D eigenvalue weighted by Crippen LogP contribution is -2.36. The van der Waals surface area contributed by atoms with E-state index in [1.165, 1.54) is 0 Å². The molecular formula is C12H12ClN3OS. The molecule has 0 saturated carbocycles. The van der Waals surface area contributed by atoms with Crippen LogP contribution in [-0.4, -0.2) is 36.3 Å². The summed E-state index contributed by atoms with van der Waals surface area (Å²) < 4.78 is 5.34. The van der Waals surface area contributed by atoms with E-state index in [4.69, 9.17) is 16.3 Å². The lowest BCUT2D eigenvalue weighted by atomic mass is 10.3. The zero-order chi connectivity index (χ0) is 12.4. The average molecular weight is 282 g/mol. The highest BCUT2D eigenvalue weighted by Crippen LogP contribution is 2.24. The van der Waals surface area contributed by atoms with E-state index in [1.54, 1.807) is 11.3 Å². The van der Waals surface area contributed by atoms with E-state index in [0.717, 1.165) is 37.7 Å². The maximum absolute atomic E-state index is 6.08. The van der Waals surface area contributed by atoms with Gasteiger partial charge < -0.3 is 9.64 Å². The van der Waals surface area contributed by atoms with E-state index in [1.807, 2.05) is 22.9 Å². The number of ether oxygens (including phenoxy) is 1. The zero-order valence-electron chi connectivity index (χ0n) is 9.67. The van der Waals surface area contributed by atoms with Gasteiger partial charge in [0.1, 0.15) is 11.0 Å². The molecule has 2 aromatic heterocycles. The topological polar surface area (TPSA) is 38.2 Å². The predicted molar refractivity (Wildman–Crippen MR) is 73.4 cm³/mol. The minimum Gasteiger partial charge on any atom is -0.378 e. The molecule has 94 valence electrons. The van der Waals surface area contributed by atoms with E-state index in [0.29, 0.717) is 11.0 Å². The smallest absolute Gasteiger partial charge is 0.164 e. The van der Waals surface area contributed by atoms with Gasteiger partial charge in [-0.05, 0) is 11.4 Å². The molecule has 1 fully saturated rings. The zero-order valence-corrected chi connectivity index (χ0v) is 11.2. The van der Waals surface area contributed by atoms with Crippen molar-refractivity contribution in [2.45, 2.75) is 0 Å². The Balaban J connectivity index is 1.95. The fourth-order valence-electron chi connectivity index (χ4n) is 1.88. The van der Waals surface area contributed by atoms with Gasteiger partial charge in [0, 0.05) is 30.1 Å². The molecule has 0 aliphatic carbocycles. The molecule has 6 heteroatoms. The molecule has 18 heavy (non-hydrogen) atoms. The normalized spacial score (nSPS) is 15.9. The van der Waals surface area contributed by atoms with Crippen molar-refractivity contribution in [3.05, 3.63) is 28.0 Å². The van der Waals surface area contributed by atoms with Crippen molar-refractivity contribution < 1.29 is 4.74 Å². The van der Waals surface area contributed by atoms with Gasteiger partial charge in [0.05, 0.1) is 13.2 Å². The highest BCUT2D eigenvalue weighted by atomic mass is 35.5. The third-order valence-electron chi connectivity index (χ3n) is 2.80. The number of rotatable bonds is 2. The summed E-state index contributed by atoms with van der Waals surface area (Å²) >= 11 is 7.71. The highest BCUT2D eigenvalue weighted by molar-refractivity contribution is 7.08. The number of hydrogen-bond acceptors (Lipinski definition) is 5. The van der Waals surface area contributed by atoms with Gasteiger partial charge in [-0.15, -0.1) is 0 Å². The van der Waals surface area contributed by atoms with Gasteiger partial charge in [-0.2, -0.15) is 11.3 Å². The Kier molecular flexibility index (Phi) is 3.45. The van der Waals surface area contributed by atoms with Crippen molar-refractivity contribution in [1.82, 2.24) is 9.97 Å². The van der Waals surface area contributed by atoms with Gasteiger partial charge in [0.2, 0.25) is 0 Å². The van der Waals surface area contributed by atoms with Crippen LogP contribution in [0.2, 0.25) is 5.15 Å². The molecular weight excluding hydrogens is 270 g/mol. The van der Waals surface area contributed by atoms with Crippen LogP contribution in [0.15, 0.2) is 22.9 Å². The Hall–Kier alpha value is -1.17. The standard InChI is InChI=1S/C12H12ClN3OS/c13-10-7-11(16-2-4-17-5-3-16)15-12(14-10)9-1-6-18-8-9/h1,6-8H,2-5H2. The second-order valence-electron chi connectivity index (χ2n) is 3.98. The average Bonchev–Trinajstić information content (AvgIpc) is 2.93. The maximum Gasteiger partial charge on any atom is 0.164 e. The van der Waals surface area contributed by atoms with Gasteiger partial charge in [-0.25, -0.2) is 9.97 Å². The van der Waals surface area contributed by atoms with Gasteiger partial charge in [0.15, 0.2) is 5.82 Å². The summed E-state index contributed by atoms with van der Waals surface area (Å²) in [5.41, 5.74) is 1.01. The van der Waals surface area contributed by atoms with Crippen LogP contribution in [0.25, 0.3) is 11.4 Å². The van der Waals surface area contributed by atoms with Gasteiger partial charge >= 0.3 is 0 Å². The molecule has 0 unspecified atom stereocenters. The quantitative estimate of drug-likeness (QED) is 0.794. The number of thiophene rings is 1. The van der Waals surface area contributed by atoms with Gasteiger partial charge in [0.25, 0.3) is 0 Å². The Morgan fingerprint density at radius 2 is 2.11 bits per heavy atom. The predicted octanol–water partition coefficient (Wildman–Crippen LogP) is 2.70. The molecule has 3 heterocycles. The highest BCUT2D eigenvalue weighted by Gasteiger charge is 2.15. The Morgan fingerprint density at radius 3 is 2.83 bits per heavy atom. The molecule has 0 atom stereocenters. The number of morpholine rings is 1. The van der Waals surface area contributed by atoms with Crippen molar-refractivity contribution in [1.29, 1.82) is 0 Å². The van der Waals surface area contributed by atoms with Crippen molar-refractivity contribution in [2.24, 2.45) is 0 Å². The van der Waals surface area contributed by atoms with Crippen LogP contribution in [0.4, 0.5) is 5.82 Å². The number of aromatic nitrogens is 2. The first kappa shape index (κ1) is 11.9. The lowest BCUT2D eigenvalue weighted by molar-refractivity contribution is 0.122. The first-order valence-corrected chi connectivity index (χ1v) is 7.05. The summed E-state index contributed by atoms with van der Waals surface area (Å²) in [5, 5.41) is 4.51. The van der Waals surface area contributed by atoms with Crippen molar-refractivity contribution in [3.63, 3.8) is 0 Å². The Labute approximate surface area is 114 Å². The molecule has 3 rings (SSSR count). The Bertz CT molecular complexity index is 526. The fourth-order valence-corrected chi connectivity index (χ4v) is 2.69. The second-order valence-corrected chi connectivity index (χ2v) is 5.15. The van der Waals surface area contributed by atoms with Crippen molar-refractivity contribution in [2.75, 3.05) is 31.2 Å². The lowest BCUT2D eigenvalue weighted by Gasteiger charge is -2.27. The summed E-state index contributed by atoms with van der Waals surface area (Å²) in [6.45, 7) is 3.15. The second kappa shape index (κ2) is 5.22. The maximum atomic E-state index is 6.08. The van der Waals surface area contributed by atoms with E-state index in [2.05, 4.69) is 14.9 Å².